The summed E-state index contributed by atoms with van der Waals surface area (Å²) in [6.45, 7) is 3.83. The summed E-state index contributed by atoms with van der Waals surface area (Å²) in [6, 6.07) is 7.95. The highest BCUT2D eigenvalue weighted by molar-refractivity contribution is 6.34. The monoisotopic (exact) mass is 292 g/mol. The fraction of sp³-hybridized carbons (Fsp3) is 0.400. The Hall–Kier alpha value is -1.68. The van der Waals surface area contributed by atoms with Crippen molar-refractivity contribution in [2.75, 3.05) is 24.3 Å². The third kappa shape index (κ3) is 3.25. The fourth-order valence-electron chi connectivity index (χ4n) is 2.22. The molecule has 1 aromatic carbocycles. The number of para-hydroxylation sites is 1. The van der Waals surface area contributed by atoms with Gasteiger partial charge in [0.05, 0.1) is 28.6 Å². The number of nitrogens with one attached hydrogen (secondary N) is 1. The Morgan fingerprint density at radius 2 is 2.10 bits per heavy atom. The van der Waals surface area contributed by atoms with E-state index in [1.807, 2.05) is 54.1 Å². The number of aromatic nitrogens is 2. The Morgan fingerprint density at radius 1 is 1.30 bits per heavy atom. The van der Waals surface area contributed by atoms with E-state index in [1.54, 1.807) is 0 Å². The first-order valence-corrected chi connectivity index (χ1v) is 7.21. The largest absolute Gasteiger partial charge is 0.378 e. The average molecular weight is 293 g/mol. The van der Waals surface area contributed by atoms with Crippen LogP contribution in [-0.4, -0.2) is 23.9 Å². The lowest BCUT2D eigenvalue weighted by Gasteiger charge is -2.20. The predicted octanol–water partition coefficient (Wildman–Crippen LogP) is 3.62. The van der Waals surface area contributed by atoms with E-state index in [9.17, 15) is 0 Å². The minimum Gasteiger partial charge on any atom is -0.378 e. The van der Waals surface area contributed by atoms with E-state index in [0.29, 0.717) is 0 Å². The van der Waals surface area contributed by atoms with E-state index in [-0.39, 0.29) is 0 Å². The lowest BCUT2D eigenvalue weighted by Crippen LogP contribution is -2.14. The molecule has 0 unspecified atom stereocenters. The summed E-state index contributed by atoms with van der Waals surface area (Å²) in [5.41, 5.74) is 3.22. The minimum atomic E-state index is 0.737. The average Bonchev–Trinajstić information content (AvgIpc) is 2.84. The topological polar surface area (TPSA) is 33.1 Å². The van der Waals surface area contributed by atoms with Crippen LogP contribution >= 0.6 is 11.6 Å². The molecule has 1 N–H and O–H groups in total. The zero-order valence-electron chi connectivity index (χ0n) is 12.2. The third-order valence-electron chi connectivity index (χ3n) is 3.13. The summed E-state index contributed by atoms with van der Waals surface area (Å²) in [6.07, 6.45) is 2.92. The third-order valence-corrected chi connectivity index (χ3v) is 3.44. The molecule has 0 fully saturated rings. The zero-order valence-corrected chi connectivity index (χ0v) is 13.0. The molecule has 0 spiro atoms. The highest BCUT2D eigenvalue weighted by Gasteiger charge is 2.09. The Kier molecular flexibility index (Phi) is 4.90. The molecular formula is C15H21ClN4. The first-order chi connectivity index (χ1) is 9.63. The molecule has 1 aromatic heterocycles. The molecule has 20 heavy (non-hydrogen) atoms. The molecule has 108 valence electrons. The van der Waals surface area contributed by atoms with Crippen molar-refractivity contribution < 1.29 is 0 Å². The number of nitrogens with zero attached hydrogens (tertiary/aromatic N) is 3. The molecule has 0 atom stereocenters. The summed E-state index contributed by atoms with van der Waals surface area (Å²) < 4.78 is 2.03. The van der Waals surface area contributed by atoms with E-state index >= 15 is 0 Å². The molecule has 0 bridgehead atoms. The van der Waals surface area contributed by atoms with Crippen LogP contribution in [-0.2, 0) is 13.1 Å². The van der Waals surface area contributed by atoms with Crippen molar-refractivity contribution in [3.8, 4) is 0 Å². The summed E-state index contributed by atoms with van der Waals surface area (Å²) >= 11 is 6.27. The van der Waals surface area contributed by atoms with Crippen molar-refractivity contribution in [3.63, 3.8) is 0 Å². The van der Waals surface area contributed by atoms with Crippen LogP contribution in [0.5, 0.6) is 0 Å². The summed E-state index contributed by atoms with van der Waals surface area (Å²) in [4.78, 5) is 2.02. The molecule has 0 aliphatic rings. The van der Waals surface area contributed by atoms with E-state index in [0.717, 1.165) is 35.9 Å². The van der Waals surface area contributed by atoms with Gasteiger partial charge in [0.2, 0.25) is 0 Å². The second-order valence-corrected chi connectivity index (χ2v) is 5.34. The van der Waals surface area contributed by atoms with Crippen LogP contribution in [0.25, 0.3) is 0 Å². The second kappa shape index (κ2) is 6.66. The number of halogens is 1. The van der Waals surface area contributed by atoms with Gasteiger partial charge in [-0.25, -0.2) is 0 Å². The van der Waals surface area contributed by atoms with Gasteiger partial charge >= 0.3 is 0 Å². The van der Waals surface area contributed by atoms with Crippen LogP contribution in [0, 0.1) is 0 Å². The highest BCUT2D eigenvalue weighted by Crippen LogP contribution is 2.32. The maximum absolute atomic E-state index is 6.27. The van der Waals surface area contributed by atoms with Gasteiger partial charge in [-0.3, -0.25) is 4.68 Å². The smallest absolute Gasteiger partial charge is 0.0786 e. The lowest BCUT2D eigenvalue weighted by molar-refractivity contribution is 0.578. The molecule has 0 aliphatic heterocycles. The van der Waals surface area contributed by atoms with E-state index in [2.05, 4.69) is 17.3 Å². The number of benzene rings is 1. The van der Waals surface area contributed by atoms with E-state index in [1.165, 1.54) is 5.69 Å². The number of rotatable bonds is 6. The Morgan fingerprint density at radius 3 is 2.80 bits per heavy atom. The van der Waals surface area contributed by atoms with Gasteiger partial charge < -0.3 is 10.2 Å². The van der Waals surface area contributed by atoms with Crippen LogP contribution < -0.4 is 10.2 Å². The molecule has 2 aromatic rings. The number of aryl methyl sites for hydroxylation is 1. The maximum atomic E-state index is 6.27. The summed E-state index contributed by atoms with van der Waals surface area (Å²) in [5.74, 6) is 0. The standard InChI is InChI=1S/C15H21ClN4/c1-4-10-20-12(8-9-18-20)11-17-14-7-5-6-13(16)15(14)19(2)3/h5-9,17H,4,10-11H2,1-3H3. The SMILES string of the molecule is CCCn1nccc1CNc1cccc(Cl)c1N(C)C. The lowest BCUT2D eigenvalue weighted by atomic mass is 10.2. The van der Waals surface area contributed by atoms with E-state index in [4.69, 9.17) is 11.6 Å². The molecular weight excluding hydrogens is 272 g/mol. The summed E-state index contributed by atoms with van der Waals surface area (Å²) in [5, 5.41) is 8.54. The van der Waals surface area contributed by atoms with Crippen molar-refractivity contribution in [2.45, 2.75) is 26.4 Å². The van der Waals surface area contributed by atoms with Gasteiger partial charge in [0.25, 0.3) is 0 Å². The molecule has 0 aliphatic carbocycles. The molecule has 1 heterocycles. The van der Waals surface area contributed by atoms with Crippen molar-refractivity contribution in [1.82, 2.24) is 9.78 Å². The Bertz CT molecular complexity index is 563. The maximum Gasteiger partial charge on any atom is 0.0786 e. The van der Waals surface area contributed by atoms with E-state index < -0.39 is 0 Å². The van der Waals surface area contributed by atoms with Crippen molar-refractivity contribution >= 4 is 23.0 Å². The van der Waals surface area contributed by atoms with Gasteiger partial charge in [0.15, 0.2) is 0 Å². The van der Waals surface area contributed by atoms with Gasteiger partial charge in [-0.05, 0) is 24.6 Å². The molecule has 4 nitrogen and oxygen atoms in total. The molecule has 2 rings (SSSR count). The first-order valence-electron chi connectivity index (χ1n) is 6.84. The van der Waals surface area contributed by atoms with Gasteiger partial charge in [-0.2, -0.15) is 5.10 Å². The van der Waals surface area contributed by atoms with Crippen LogP contribution in [0.2, 0.25) is 5.02 Å². The van der Waals surface area contributed by atoms with Gasteiger partial charge in [-0.15, -0.1) is 0 Å². The van der Waals surface area contributed by atoms with Crippen LogP contribution in [0.15, 0.2) is 30.5 Å². The number of hydrogen-bond donors (Lipinski definition) is 1. The highest BCUT2D eigenvalue weighted by atomic mass is 35.5. The van der Waals surface area contributed by atoms with Gasteiger partial charge in [0, 0.05) is 26.8 Å². The Labute approximate surface area is 125 Å². The normalized spacial score (nSPS) is 10.6. The molecule has 0 saturated heterocycles. The van der Waals surface area contributed by atoms with Crippen LogP contribution in [0.1, 0.15) is 19.0 Å². The Balaban J connectivity index is 2.15. The van der Waals surface area contributed by atoms with Crippen molar-refractivity contribution in [3.05, 3.63) is 41.2 Å². The molecule has 0 radical (unpaired) electrons. The predicted molar refractivity (Wildman–Crippen MR) is 85.6 cm³/mol. The zero-order chi connectivity index (χ0) is 14.5. The summed E-state index contributed by atoms with van der Waals surface area (Å²) in [7, 11) is 3.99. The molecule has 5 heteroatoms. The van der Waals surface area contributed by atoms with Gasteiger partial charge in [-0.1, -0.05) is 24.6 Å². The second-order valence-electron chi connectivity index (χ2n) is 4.93. The first kappa shape index (κ1) is 14.7. The van der Waals surface area contributed by atoms with Crippen molar-refractivity contribution in [1.29, 1.82) is 0 Å². The fourth-order valence-corrected chi connectivity index (χ4v) is 2.57. The number of hydrogen-bond acceptors (Lipinski definition) is 3. The van der Waals surface area contributed by atoms with Crippen molar-refractivity contribution in [2.24, 2.45) is 0 Å². The molecule has 0 saturated carbocycles. The quantitative estimate of drug-likeness (QED) is 0.883. The molecule has 0 amide bonds. The number of anilines is 2. The van der Waals surface area contributed by atoms with Gasteiger partial charge in [0.1, 0.15) is 0 Å². The minimum absolute atomic E-state index is 0.737. The van der Waals surface area contributed by atoms with Crippen LogP contribution in [0.3, 0.4) is 0 Å². The van der Waals surface area contributed by atoms with Crippen LogP contribution in [0.4, 0.5) is 11.4 Å².